The second-order valence-corrected chi connectivity index (χ2v) is 4.88. The van der Waals surface area contributed by atoms with E-state index in [2.05, 4.69) is 20.4 Å². The molecule has 0 amide bonds. The molecule has 1 heteroatoms. The third kappa shape index (κ3) is 1.50. The summed E-state index contributed by atoms with van der Waals surface area (Å²) in [4.78, 5) is 12.0. The molecule has 0 saturated carbocycles. The van der Waals surface area contributed by atoms with Gasteiger partial charge in [-0.05, 0) is 54.4 Å². The zero-order chi connectivity index (χ0) is 11.2. The number of ketones is 1. The van der Waals surface area contributed by atoms with Crippen LogP contribution in [0.5, 0.6) is 0 Å². The highest BCUT2D eigenvalue weighted by atomic mass is 16.1. The van der Waals surface area contributed by atoms with Crippen molar-refractivity contribution in [3.63, 3.8) is 0 Å². The van der Waals surface area contributed by atoms with Crippen molar-refractivity contribution in [1.82, 2.24) is 0 Å². The van der Waals surface area contributed by atoms with Crippen LogP contribution in [-0.4, -0.2) is 5.78 Å². The Kier molecular flexibility index (Phi) is 2.41. The van der Waals surface area contributed by atoms with Crippen molar-refractivity contribution in [2.75, 3.05) is 0 Å². The highest BCUT2D eigenvalue weighted by Gasteiger charge is 2.32. The Labute approximate surface area is 91.6 Å². The molecule has 1 nitrogen and oxygen atoms in total. The molecule has 0 spiro atoms. The lowest BCUT2D eigenvalue weighted by Gasteiger charge is -2.33. The Hall–Kier alpha value is -1.11. The first-order chi connectivity index (χ1) is 7.02. The van der Waals surface area contributed by atoms with Gasteiger partial charge in [0.2, 0.25) is 0 Å². The number of carbonyl (C=O) groups is 1. The molecule has 0 N–H and O–H groups in total. The highest BCUT2D eigenvalue weighted by Crippen LogP contribution is 2.42. The van der Waals surface area contributed by atoms with Crippen molar-refractivity contribution in [2.45, 2.75) is 33.6 Å². The van der Waals surface area contributed by atoms with Crippen LogP contribution in [0.1, 0.15) is 33.6 Å². The van der Waals surface area contributed by atoms with Crippen LogP contribution in [0.4, 0.5) is 0 Å². The van der Waals surface area contributed by atoms with Crippen LogP contribution in [-0.2, 0) is 4.79 Å². The number of hydrogen-bond donors (Lipinski definition) is 0. The zero-order valence-corrected chi connectivity index (χ0v) is 9.76. The van der Waals surface area contributed by atoms with E-state index < -0.39 is 0 Å². The van der Waals surface area contributed by atoms with Crippen LogP contribution >= 0.6 is 0 Å². The monoisotopic (exact) mass is 202 g/mol. The van der Waals surface area contributed by atoms with E-state index in [0.29, 0.717) is 11.8 Å². The summed E-state index contributed by atoms with van der Waals surface area (Å²) in [6.45, 7) is 10.5. The van der Waals surface area contributed by atoms with E-state index in [-0.39, 0.29) is 5.78 Å². The largest absolute Gasteiger partial charge is 0.290 e. The Morgan fingerprint density at radius 1 is 1.20 bits per heavy atom. The zero-order valence-electron chi connectivity index (χ0n) is 9.76. The predicted molar refractivity (Wildman–Crippen MR) is 62.5 cm³/mol. The normalized spacial score (nSPS) is 31.5. The molecule has 2 aliphatic rings. The minimum Gasteiger partial charge on any atom is -0.290 e. The molecule has 0 aromatic carbocycles. The van der Waals surface area contributed by atoms with Gasteiger partial charge >= 0.3 is 0 Å². The summed E-state index contributed by atoms with van der Waals surface area (Å²) in [6, 6.07) is 0. The summed E-state index contributed by atoms with van der Waals surface area (Å²) in [5.74, 6) is 1.12. The van der Waals surface area contributed by atoms with E-state index in [0.717, 1.165) is 23.1 Å². The third-order valence-electron chi connectivity index (χ3n) is 3.72. The van der Waals surface area contributed by atoms with Crippen LogP contribution in [0.25, 0.3) is 0 Å². The van der Waals surface area contributed by atoms with E-state index in [4.69, 9.17) is 0 Å². The lowest BCUT2D eigenvalue weighted by atomic mass is 9.70. The van der Waals surface area contributed by atoms with Crippen molar-refractivity contribution in [3.05, 3.63) is 34.9 Å². The highest BCUT2D eigenvalue weighted by molar-refractivity contribution is 6.08. The summed E-state index contributed by atoms with van der Waals surface area (Å²) in [6.07, 6.45) is 4.06. The molecule has 0 aromatic heterocycles. The van der Waals surface area contributed by atoms with Gasteiger partial charge in [0.25, 0.3) is 0 Å². The molecule has 0 aromatic rings. The summed E-state index contributed by atoms with van der Waals surface area (Å²) in [7, 11) is 0. The van der Waals surface area contributed by atoms with Gasteiger partial charge in [-0.25, -0.2) is 0 Å². The van der Waals surface area contributed by atoms with Gasteiger partial charge in [-0.15, -0.1) is 0 Å². The fraction of sp³-hybridized carbons (Fsp3) is 0.500. The number of hydrogen-bond acceptors (Lipinski definition) is 1. The van der Waals surface area contributed by atoms with Crippen molar-refractivity contribution in [2.24, 2.45) is 11.8 Å². The fourth-order valence-corrected chi connectivity index (χ4v) is 2.73. The minimum absolute atomic E-state index is 0.217. The fourth-order valence-electron chi connectivity index (χ4n) is 2.73. The predicted octanol–water partition coefficient (Wildman–Crippen LogP) is 3.43. The summed E-state index contributed by atoms with van der Waals surface area (Å²) >= 11 is 0. The van der Waals surface area contributed by atoms with Gasteiger partial charge in [0, 0.05) is 5.57 Å². The number of carbonyl (C=O) groups excluding carboxylic acids is 1. The molecule has 0 aliphatic heterocycles. The summed E-state index contributed by atoms with van der Waals surface area (Å²) < 4.78 is 0. The summed E-state index contributed by atoms with van der Waals surface area (Å²) in [5.41, 5.74) is 4.39. The van der Waals surface area contributed by atoms with Gasteiger partial charge in [0.05, 0.1) is 0 Å². The van der Waals surface area contributed by atoms with Crippen LogP contribution in [0.2, 0.25) is 0 Å². The molecular formula is C14H18O. The Bertz CT molecular complexity index is 396. The van der Waals surface area contributed by atoms with E-state index in [1.54, 1.807) is 6.08 Å². The van der Waals surface area contributed by atoms with Gasteiger partial charge in [-0.2, -0.15) is 0 Å². The molecule has 0 saturated heterocycles. The molecule has 2 rings (SSSR count). The van der Waals surface area contributed by atoms with Crippen molar-refractivity contribution < 1.29 is 4.79 Å². The standard InChI is InChI=1S/C14H18O/c1-8-5-6-9(2)14-12(15)7-10(3)11(4)13(8)14/h7-9H,4-6H2,1-3H3/t8-,9-/m1/s1. The van der Waals surface area contributed by atoms with Gasteiger partial charge < -0.3 is 0 Å². The lowest BCUT2D eigenvalue weighted by Crippen LogP contribution is -2.25. The van der Waals surface area contributed by atoms with Gasteiger partial charge in [-0.1, -0.05) is 20.4 Å². The summed E-state index contributed by atoms with van der Waals surface area (Å²) in [5, 5.41) is 0. The topological polar surface area (TPSA) is 17.1 Å². The van der Waals surface area contributed by atoms with Crippen molar-refractivity contribution >= 4 is 5.78 Å². The molecule has 0 unspecified atom stereocenters. The lowest BCUT2D eigenvalue weighted by molar-refractivity contribution is -0.112. The maximum absolute atomic E-state index is 12.0. The molecule has 15 heavy (non-hydrogen) atoms. The first-order valence-electron chi connectivity index (χ1n) is 5.68. The van der Waals surface area contributed by atoms with Gasteiger partial charge in [0.1, 0.15) is 0 Å². The molecule has 0 bridgehead atoms. The van der Waals surface area contributed by atoms with E-state index in [9.17, 15) is 4.79 Å². The SMILES string of the molecule is C=C1C(C)=CC(=O)C2=C1[C@H](C)CC[C@H]2C. The Balaban J connectivity index is 2.55. The molecule has 0 fully saturated rings. The maximum atomic E-state index is 12.0. The molecule has 2 aliphatic carbocycles. The Morgan fingerprint density at radius 2 is 1.73 bits per heavy atom. The van der Waals surface area contributed by atoms with Crippen LogP contribution in [0, 0.1) is 11.8 Å². The second kappa shape index (κ2) is 3.48. The first kappa shape index (κ1) is 10.4. The van der Waals surface area contributed by atoms with Crippen molar-refractivity contribution in [3.8, 4) is 0 Å². The van der Waals surface area contributed by atoms with Gasteiger partial charge in [0.15, 0.2) is 5.78 Å². The third-order valence-corrected chi connectivity index (χ3v) is 3.72. The van der Waals surface area contributed by atoms with E-state index in [1.165, 1.54) is 12.0 Å². The Morgan fingerprint density at radius 3 is 2.33 bits per heavy atom. The molecule has 0 radical (unpaired) electrons. The van der Waals surface area contributed by atoms with Crippen LogP contribution < -0.4 is 0 Å². The molecule has 2 atom stereocenters. The first-order valence-corrected chi connectivity index (χ1v) is 5.68. The molecule has 80 valence electrons. The maximum Gasteiger partial charge on any atom is 0.182 e. The van der Waals surface area contributed by atoms with E-state index >= 15 is 0 Å². The minimum atomic E-state index is 0.217. The number of allylic oxidation sites excluding steroid dienone is 5. The second-order valence-electron chi connectivity index (χ2n) is 4.88. The van der Waals surface area contributed by atoms with Gasteiger partial charge in [-0.3, -0.25) is 4.79 Å². The average Bonchev–Trinajstić information content (AvgIpc) is 2.18. The number of rotatable bonds is 0. The molecule has 0 heterocycles. The quantitative estimate of drug-likeness (QED) is 0.588. The van der Waals surface area contributed by atoms with Crippen LogP contribution in [0.15, 0.2) is 34.9 Å². The molecular weight excluding hydrogens is 184 g/mol. The van der Waals surface area contributed by atoms with E-state index in [1.807, 2.05) is 6.92 Å². The smallest absolute Gasteiger partial charge is 0.182 e. The van der Waals surface area contributed by atoms with Crippen molar-refractivity contribution in [1.29, 1.82) is 0 Å². The van der Waals surface area contributed by atoms with Crippen LogP contribution in [0.3, 0.4) is 0 Å². The average molecular weight is 202 g/mol.